The van der Waals surface area contributed by atoms with Gasteiger partial charge in [0.15, 0.2) is 6.17 Å². The summed E-state index contributed by atoms with van der Waals surface area (Å²) in [6.45, 7) is 4.52. The summed E-state index contributed by atoms with van der Waals surface area (Å²) >= 11 is 0. The maximum Gasteiger partial charge on any atom is 0.274 e. The second kappa shape index (κ2) is 6.79. The number of likely N-dealkylation sites (tertiary alicyclic amines) is 1. The Balaban J connectivity index is 1.33. The van der Waals surface area contributed by atoms with Crippen molar-refractivity contribution in [1.29, 1.82) is 0 Å². The highest BCUT2D eigenvalue weighted by atomic mass is 19.1. The zero-order valence-electron chi connectivity index (χ0n) is 15.4. The Kier molecular flexibility index (Phi) is 4.45. The summed E-state index contributed by atoms with van der Waals surface area (Å²) in [6, 6.07) is 9.68. The smallest absolute Gasteiger partial charge is 0.274 e. The van der Waals surface area contributed by atoms with E-state index in [4.69, 9.17) is 0 Å². The Bertz CT molecular complexity index is 839. The van der Waals surface area contributed by atoms with Gasteiger partial charge in [-0.1, -0.05) is 32.0 Å². The first kappa shape index (κ1) is 17.7. The Hall–Kier alpha value is -2.70. The third kappa shape index (κ3) is 3.34. The van der Waals surface area contributed by atoms with Crippen molar-refractivity contribution in [3.05, 3.63) is 48.5 Å². The van der Waals surface area contributed by atoms with Crippen LogP contribution in [0.4, 0.5) is 4.39 Å². The lowest BCUT2D eigenvalue weighted by Gasteiger charge is -2.20. The Morgan fingerprint density at radius 1 is 1.19 bits per heavy atom. The fraction of sp³-hybridized carbons (Fsp3) is 0.450. The van der Waals surface area contributed by atoms with Crippen LogP contribution in [-0.4, -0.2) is 51.6 Å². The second-order valence-electron chi connectivity index (χ2n) is 7.72. The van der Waals surface area contributed by atoms with Gasteiger partial charge in [-0.3, -0.25) is 9.59 Å². The van der Waals surface area contributed by atoms with Gasteiger partial charge in [-0.2, -0.15) is 0 Å². The molecule has 2 aliphatic rings. The van der Waals surface area contributed by atoms with Crippen molar-refractivity contribution >= 4 is 11.8 Å². The SMILES string of the molecule is CC(C)C(F)C(=O)NC1[C@H]2CN(C(=O)c3cn(-c4ccccc4)cn3)C[C@@H]12. The van der Waals surface area contributed by atoms with Gasteiger partial charge in [-0.05, 0) is 18.1 Å². The molecule has 0 radical (unpaired) electrons. The van der Waals surface area contributed by atoms with Crippen LogP contribution in [0.2, 0.25) is 0 Å². The van der Waals surface area contributed by atoms with Crippen LogP contribution in [0.25, 0.3) is 5.69 Å². The third-order valence-electron chi connectivity index (χ3n) is 5.48. The maximum atomic E-state index is 13.8. The minimum atomic E-state index is -1.48. The normalized spacial score (nSPS) is 24.6. The lowest BCUT2D eigenvalue weighted by molar-refractivity contribution is -0.127. The molecule has 142 valence electrons. The van der Waals surface area contributed by atoms with E-state index in [0.29, 0.717) is 18.8 Å². The van der Waals surface area contributed by atoms with Gasteiger partial charge in [-0.25, -0.2) is 9.37 Å². The van der Waals surface area contributed by atoms with E-state index in [1.165, 1.54) is 0 Å². The molecule has 2 unspecified atom stereocenters. The molecule has 2 heterocycles. The van der Waals surface area contributed by atoms with E-state index >= 15 is 0 Å². The summed E-state index contributed by atoms with van der Waals surface area (Å²) in [5.74, 6) is -0.542. The maximum absolute atomic E-state index is 13.8. The quantitative estimate of drug-likeness (QED) is 0.876. The van der Waals surface area contributed by atoms with Gasteiger partial charge >= 0.3 is 0 Å². The van der Waals surface area contributed by atoms with Crippen molar-refractivity contribution in [2.45, 2.75) is 26.1 Å². The molecule has 6 nitrogen and oxygen atoms in total. The molecule has 1 saturated carbocycles. The number of fused-ring (bicyclic) bond motifs is 1. The van der Waals surface area contributed by atoms with E-state index in [1.807, 2.05) is 34.9 Å². The van der Waals surface area contributed by atoms with E-state index in [9.17, 15) is 14.0 Å². The predicted octanol–water partition coefficient (Wildman–Crippen LogP) is 2.05. The van der Waals surface area contributed by atoms with Crippen molar-refractivity contribution < 1.29 is 14.0 Å². The fourth-order valence-corrected chi connectivity index (χ4v) is 3.79. The van der Waals surface area contributed by atoms with Crippen LogP contribution in [0.3, 0.4) is 0 Å². The van der Waals surface area contributed by atoms with Crippen molar-refractivity contribution in [1.82, 2.24) is 19.8 Å². The number of benzene rings is 1. The van der Waals surface area contributed by atoms with E-state index in [2.05, 4.69) is 10.3 Å². The van der Waals surface area contributed by atoms with Gasteiger partial charge in [0.2, 0.25) is 0 Å². The average Bonchev–Trinajstić information content (AvgIpc) is 3.09. The van der Waals surface area contributed by atoms with Crippen molar-refractivity contribution in [2.24, 2.45) is 17.8 Å². The zero-order valence-corrected chi connectivity index (χ0v) is 15.4. The average molecular weight is 370 g/mol. The molecule has 1 N–H and O–H groups in total. The van der Waals surface area contributed by atoms with Gasteiger partial charge in [0.05, 0.1) is 0 Å². The Labute approximate surface area is 157 Å². The molecule has 0 spiro atoms. The monoisotopic (exact) mass is 370 g/mol. The molecule has 2 amide bonds. The molecule has 1 saturated heterocycles. The minimum Gasteiger partial charge on any atom is -0.350 e. The van der Waals surface area contributed by atoms with Gasteiger partial charge in [0, 0.05) is 42.9 Å². The molecule has 7 heteroatoms. The molecule has 4 rings (SSSR count). The summed E-state index contributed by atoms with van der Waals surface area (Å²) in [7, 11) is 0. The highest BCUT2D eigenvalue weighted by Crippen LogP contribution is 2.45. The van der Waals surface area contributed by atoms with Crippen molar-refractivity contribution in [2.75, 3.05) is 13.1 Å². The number of hydrogen-bond donors (Lipinski definition) is 1. The van der Waals surface area contributed by atoms with Crippen LogP contribution in [0.15, 0.2) is 42.9 Å². The zero-order chi connectivity index (χ0) is 19.1. The van der Waals surface area contributed by atoms with Crippen LogP contribution >= 0.6 is 0 Å². The number of carbonyl (C=O) groups excluding carboxylic acids is 2. The van der Waals surface area contributed by atoms with Crippen LogP contribution in [0.1, 0.15) is 24.3 Å². The van der Waals surface area contributed by atoms with Crippen molar-refractivity contribution in [3.63, 3.8) is 0 Å². The molecule has 1 aromatic carbocycles. The molecule has 1 aliphatic heterocycles. The largest absolute Gasteiger partial charge is 0.350 e. The molecule has 2 fully saturated rings. The summed E-state index contributed by atoms with van der Waals surface area (Å²) in [5, 5.41) is 2.79. The van der Waals surface area contributed by atoms with Gasteiger partial charge in [0.1, 0.15) is 12.0 Å². The molecular formula is C20H23FN4O2. The lowest BCUT2D eigenvalue weighted by atomic mass is 10.1. The van der Waals surface area contributed by atoms with Crippen LogP contribution < -0.4 is 5.32 Å². The Morgan fingerprint density at radius 3 is 2.48 bits per heavy atom. The highest BCUT2D eigenvalue weighted by Gasteiger charge is 2.57. The number of piperidine rings is 1. The number of imidazole rings is 1. The van der Waals surface area contributed by atoms with Gasteiger partial charge in [0.25, 0.3) is 11.8 Å². The number of para-hydroxylation sites is 1. The van der Waals surface area contributed by atoms with E-state index in [-0.39, 0.29) is 29.7 Å². The van der Waals surface area contributed by atoms with E-state index in [0.717, 1.165) is 5.69 Å². The number of nitrogens with one attached hydrogen (secondary N) is 1. The number of rotatable bonds is 5. The molecule has 1 aliphatic carbocycles. The summed E-state index contributed by atoms with van der Waals surface area (Å²) in [4.78, 5) is 30.6. The van der Waals surface area contributed by atoms with Crippen LogP contribution in [0.5, 0.6) is 0 Å². The first-order valence-corrected chi connectivity index (χ1v) is 9.29. The number of nitrogens with zero attached hydrogens (tertiary/aromatic N) is 3. The fourth-order valence-electron chi connectivity index (χ4n) is 3.79. The number of carbonyl (C=O) groups is 2. The minimum absolute atomic E-state index is 0.0135. The molecule has 1 aromatic heterocycles. The molecule has 4 atom stereocenters. The number of alkyl halides is 1. The first-order valence-electron chi connectivity index (χ1n) is 9.29. The van der Waals surface area contributed by atoms with E-state index in [1.54, 1.807) is 31.3 Å². The molecule has 2 aromatic rings. The second-order valence-corrected chi connectivity index (χ2v) is 7.72. The van der Waals surface area contributed by atoms with Crippen LogP contribution in [-0.2, 0) is 4.79 Å². The summed E-state index contributed by atoms with van der Waals surface area (Å²) in [5.41, 5.74) is 1.35. The van der Waals surface area contributed by atoms with E-state index < -0.39 is 12.1 Å². The van der Waals surface area contributed by atoms with Crippen molar-refractivity contribution in [3.8, 4) is 5.69 Å². The topological polar surface area (TPSA) is 67.2 Å². The number of amides is 2. The highest BCUT2D eigenvalue weighted by molar-refractivity contribution is 5.92. The lowest BCUT2D eigenvalue weighted by Crippen LogP contribution is -2.41. The summed E-state index contributed by atoms with van der Waals surface area (Å²) < 4.78 is 15.6. The van der Waals surface area contributed by atoms with Crippen LogP contribution in [0, 0.1) is 17.8 Å². The third-order valence-corrected chi connectivity index (χ3v) is 5.48. The first-order chi connectivity index (χ1) is 13.0. The predicted molar refractivity (Wildman–Crippen MR) is 98.1 cm³/mol. The Morgan fingerprint density at radius 2 is 1.85 bits per heavy atom. The number of aromatic nitrogens is 2. The van der Waals surface area contributed by atoms with Gasteiger partial charge in [-0.15, -0.1) is 0 Å². The van der Waals surface area contributed by atoms with Gasteiger partial charge < -0.3 is 14.8 Å². The molecule has 0 bridgehead atoms. The molecular weight excluding hydrogens is 347 g/mol. The number of halogens is 1. The standard InChI is InChI=1S/C20H23FN4O2/c1-12(2)17(21)19(26)23-18-14-8-24(9-15(14)18)20(27)16-10-25(11-22-16)13-6-4-3-5-7-13/h3-7,10-12,14-15,17-18H,8-9H2,1-2H3,(H,23,26)/t14-,15+,17?,18?. The number of hydrogen-bond acceptors (Lipinski definition) is 3. The summed E-state index contributed by atoms with van der Waals surface area (Å²) in [6.07, 6.45) is 1.89. The molecule has 27 heavy (non-hydrogen) atoms.